The van der Waals surface area contributed by atoms with E-state index in [4.69, 9.17) is 16.3 Å². The van der Waals surface area contributed by atoms with Crippen molar-refractivity contribution in [2.45, 2.75) is 38.9 Å². The molecule has 2 aromatic rings. The van der Waals surface area contributed by atoms with Gasteiger partial charge in [0.1, 0.15) is 5.75 Å². The Hall–Kier alpha value is -1.52. The molecule has 1 fully saturated rings. The van der Waals surface area contributed by atoms with Gasteiger partial charge in [0, 0.05) is 19.1 Å². The van der Waals surface area contributed by atoms with E-state index in [1.54, 1.807) is 6.20 Å². The molecule has 3 rings (SSSR count). The zero-order valence-corrected chi connectivity index (χ0v) is 12.2. The Balaban J connectivity index is 1.66. The quantitative estimate of drug-likeness (QED) is 0.884. The predicted molar refractivity (Wildman–Crippen MR) is 79.3 cm³/mol. The number of rotatable bonds is 6. The SMILES string of the molecule is CCn1cc(Oc2ccc(CNC3CC3)cc2Cl)cn1. The molecule has 1 N–H and O–H groups in total. The van der Waals surface area contributed by atoms with Crippen molar-refractivity contribution in [2.75, 3.05) is 0 Å². The van der Waals surface area contributed by atoms with Crippen LogP contribution in [0.3, 0.4) is 0 Å². The van der Waals surface area contributed by atoms with Crippen LogP contribution in [0.2, 0.25) is 5.02 Å². The van der Waals surface area contributed by atoms with E-state index in [0.717, 1.165) is 13.1 Å². The highest BCUT2D eigenvalue weighted by molar-refractivity contribution is 6.32. The van der Waals surface area contributed by atoms with Crippen molar-refractivity contribution in [3.05, 3.63) is 41.2 Å². The molecule has 0 spiro atoms. The molecule has 0 unspecified atom stereocenters. The van der Waals surface area contributed by atoms with Crippen LogP contribution < -0.4 is 10.1 Å². The van der Waals surface area contributed by atoms with Gasteiger partial charge < -0.3 is 10.1 Å². The number of nitrogens with zero attached hydrogens (tertiary/aromatic N) is 2. The summed E-state index contributed by atoms with van der Waals surface area (Å²) in [5.41, 5.74) is 1.18. The highest BCUT2D eigenvalue weighted by Gasteiger charge is 2.20. The number of hydrogen-bond donors (Lipinski definition) is 1. The molecule has 20 heavy (non-hydrogen) atoms. The number of benzene rings is 1. The lowest BCUT2D eigenvalue weighted by molar-refractivity contribution is 0.481. The first kappa shape index (κ1) is 13.5. The van der Waals surface area contributed by atoms with Gasteiger partial charge in [0.05, 0.1) is 17.4 Å². The summed E-state index contributed by atoms with van der Waals surface area (Å²) in [6.07, 6.45) is 6.13. The van der Waals surface area contributed by atoms with Crippen molar-refractivity contribution in [3.63, 3.8) is 0 Å². The average Bonchev–Trinajstić information content (AvgIpc) is 3.17. The summed E-state index contributed by atoms with van der Waals surface area (Å²) in [5, 5.41) is 8.27. The molecule has 0 saturated heterocycles. The minimum atomic E-state index is 0.629. The van der Waals surface area contributed by atoms with Gasteiger partial charge in [-0.2, -0.15) is 5.10 Å². The first-order valence-electron chi connectivity index (χ1n) is 6.96. The molecule has 1 aliphatic rings. The molecule has 1 aromatic carbocycles. The second-order valence-electron chi connectivity index (χ2n) is 5.05. The summed E-state index contributed by atoms with van der Waals surface area (Å²) < 4.78 is 7.57. The maximum atomic E-state index is 6.27. The summed E-state index contributed by atoms with van der Waals surface area (Å²) in [6.45, 7) is 3.71. The molecule has 1 saturated carbocycles. The molecular formula is C15H18ClN3O. The van der Waals surface area contributed by atoms with Crippen LogP contribution in [0.25, 0.3) is 0 Å². The van der Waals surface area contributed by atoms with Crippen molar-refractivity contribution in [3.8, 4) is 11.5 Å². The van der Waals surface area contributed by atoms with E-state index >= 15 is 0 Å². The molecule has 5 heteroatoms. The van der Waals surface area contributed by atoms with E-state index in [2.05, 4.69) is 10.4 Å². The van der Waals surface area contributed by atoms with Crippen LogP contribution in [-0.2, 0) is 13.1 Å². The van der Waals surface area contributed by atoms with Gasteiger partial charge in [-0.05, 0) is 37.5 Å². The van der Waals surface area contributed by atoms with Crippen LogP contribution in [-0.4, -0.2) is 15.8 Å². The summed E-state index contributed by atoms with van der Waals surface area (Å²) in [4.78, 5) is 0. The molecule has 0 aliphatic heterocycles. The normalized spacial score (nSPS) is 14.5. The number of aromatic nitrogens is 2. The second kappa shape index (κ2) is 5.85. The monoisotopic (exact) mass is 291 g/mol. The van der Waals surface area contributed by atoms with Crippen LogP contribution in [0, 0.1) is 0 Å². The van der Waals surface area contributed by atoms with Crippen LogP contribution in [0.4, 0.5) is 0 Å². The summed E-state index contributed by atoms with van der Waals surface area (Å²) in [5.74, 6) is 1.37. The standard InChI is InChI=1S/C15H18ClN3O/c1-2-19-10-13(9-18-19)20-15-6-3-11(7-14(15)16)8-17-12-4-5-12/h3,6-7,9-10,12,17H,2,4-5,8H2,1H3. The molecule has 0 atom stereocenters. The van der Waals surface area contributed by atoms with Crippen LogP contribution in [0.1, 0.15) is 25.3 Å². The Bertz CT molecular complexity index is 593. The third kappa shape index (κ3) is 3.32. The lowest BCUT2D eigenvalue weighted by Crippen LogP contribution is -2.15. The van der Waals surface area contributed by atoms with Gasteiger partial charge in [0.2, 0.25) is 0 Å². The molecule has 106 valence electrons. The lowest BCUT2D eigenvalue weighted by atomic mass is 10.2. The highest BCUT2D eigenvalue weighted by atomic mass is 35.5. The zero-order chi connectivity index (χ0) is 13.9. The van der Waals surface area contributed by atoms with Crippen LogP contribution >= 0.6 is 11.6 Å². The van der Waals surface area contributed by atoms with Gasteiger partial charge in [-0.1, -0.05) is 17.7 Å². The number of ether oxygens (including phenoxy) is 1. The fourth-order valence-corrected chi connectivity index (χ4v) is 2.23. The lowest BCUT2D eigenvalue weighted by Gasteiger charge is -2.08. The average molecular weight is 292 g/mol. The summed E-state index contributed by atoms with van der Waals surface area (Å²) in [6, 6.07) is 6.61. The maximum absolute atomic E-state index is 6.27. The summed E-state index contributed by atoms with van der Waals surface area (Å²) in [7, 11) is 0. The molecule has 0 radical (unpaired) electrons. The van der Waals surface area contributed by atoms with Gasteiger partial charge in [0.15, 0.2) is 5.75 Å². The summed E-state index contributed by atoms with van der Waals surface area (Å²) >= 11 is 6.27. The van der Waals surface area contributed by atoms with Crippen LogP contribution in [0.5, 0.6) is 11.5 Å². The molecule has 4 nitrogen and oxygen atoms in total. The molecular weight excluding hydrogens is 274 g/mol. The maximum Gasteiger partial charge on any atom is 0.165 e. The topological polar surface area (TPSA) is 39.1 Å². The first-order chi connectivity index (χ1) is 9.74. The van der Waals surface area contributed by atoms with Gasteiger partial charge in [0.25, 0.3) is 0 Å². The van der Waals surface area contributed by atoms with Crippen molar-refractivity contribution >= 4 is 11.6 Å². The zero-order valence-electron chi connectivity index (χ0n) is 11.5. The van der Waals surface area contributed by atoms with Gasteiger partial charge >= 0.3 is 0 Å². The first-order valence-corrected chi connectivity index (χ1v) is 7.34. The smallest absolute Gasteiger partial charge is 0.165 e. The van der Waals surface area contributed by atoms with Crippen molar-refractivity contribution < 1.29 is 4.74 Å². The van der Waals surface area contributed by atoms with Crippen molar-refractivity contribution in [1.29, 1.82) is 0 Å². The Morgan fingerprint density at radius 2 is 2.30 bits per heavy atom. The fraction of sp³-hybridized carbons (Fsp3) is 0.400. The van der Waals surface area contributed by atoms with Crippen LogP contribution in [0.15, 0.2) is 30.6 Å². The molecule has 0 bridgehead atoms. The van der Waals surface area contributed by atoms with Gasteiger partial charge in [-0.3, -0.25) is 4.68 Å². The minimum absolute atomic E-state index is 0.629. The van der Waals surface area contributed by atoms with E-state index in [1.165, 1.54) is 18.4 Å². The van der Waals surface area contributed by atoms with E-state index in [0.29, 0.717) is 22.6 Å². The predicted octanol–water partition coefficient (Wildman–Crippen LogP) is 3.60. The Kier molecular flexibility index (Phi) is 3.94. The Labute approximate surface area is 123 Å². The van der Waals surface area contributed by atoms with E-state index in [-0.39, 0.29) is 0 Å². The van der Waals surface area contributed by atoms with E-state index in [1.807, 2.05) is 36.0 Å². The number of aryl methyl sites for hydroxylation is 1. The Morgan fingerprint density at radius 1 is 1.45 bits per heavy atom. The van der Waals surface area contributed by atoms with Crippen molar-refractivity contribution in [2.24, 2.45) is 0 Å². The third-order valence-electron chi connectivity index (χ3n) is 3.33. The molecule has 1 aliphatic carbocycles. The number of nitrogens with one attached hydrogen (secondary N) is 1. The van der Waals surface area contributed by atoms with E-state index in [9.17, 15) is 0 Å². The minimum Gasteiger partial charge on any atom is -0.452 e. The highest BCUT2D eigenvalue weighted by Crippen LogP contribution is 2.30. The third-order valence-corrected chi connectivity index (χ3v) is 3.63. The molecule has 1 aromatic heterocycles. The number of hydrogen-bond acceptors (Lipinski definition) is 3. The van der Waals surface area contributed by atoms with Gasteiger partial charge in [-0.15, -0.1) is 0 Å². The number of halogens is 1. The van der Waals surface area contributed by atoms with Gasteiger partial charge in [-0.25, -0.2) is 0 Å². The Morgan fingerprint density at radius 3 is 2.95 bits per heavy atom. The largest absolute Gasteiger partial charge is 0.452 e. The van der Waals surface area contributed by atoms with Crippen molar-refractivity contribution in [1.82, 2.24) is 15.1 Å². The fourth-order valence-electron chi connectivity index (χ4n) is 1.98. The second-order valence-corrected chi connectivity index (χ2v) is 5.46. The molecule has 0 amide bonds. The molecule has 1 heterocycles. The van der Waals surface area contributed by atoms with E-state index < -0.39 is 0 Å².